The number of nitrogens with one attached hydrogen (secondary N) is 3. The number of hydrogen-bond donors (Lipinski definition) is 3. The van der Waals surface area contributed by atoms with E-state index in [0.29, 0.717) is 17.3 Å². The summed E-state index contributed by atoms with van der Waals surface area (Å²) >= 11 is 2.98. The maximum atomic E-state index is 13.3. The highest BCUT2D eigenvalue weighted by Crippen LogP contribution is 2.15. The molecule has 0 saturated heterocycles. The average molecular weight is 624 g/mol. The standard InChI is InChI=1S/C32H37N3O6S2/c1-40-31(38)28(23-43-21-26-15-9-4-10-16-26)35-30(37)27(22-42-20-25-13-7-3-8-14-25)34-29(36)17-18-33-32(39)41-19-24-11-5-2-6-12-24/h2-16,27-28H,17-23H2,1H3,(H,33,39)(H,34,36)(H,35,37)/t27-,28-/m1/s1. The zero-order valence-electron chi connectivity index (χ0n) is 24.0. The predicted octanol–water partition coefficient (Wildman–Crippen LogP) is 4.31. The van der Waals surface area contributed by atoms with Crippen molar-refractivity contribution < 1.29 is 28.7 Å². The van der Waals surface area contributed by atoms with Crippen LogP contribution < -0.4 is 16.0 Å². The van der Waals surface area contributed by atoms with Crippen LogP contribution >= 0.6 is 23.5 Å². The maximum absolute atomic E-state index is 13.3. The number of hydrogen-bond acceptors (Lipinski definition) is 8. The van der Waals surface area contributed by atoms with Gasteiger partial charge in [-0.15, -0.1) is 0 Å². The van der Waals surface area contributed by atoms with Gasteiger partial charge in [0.1, 0.15) is 18.7 Å². The molecule has 3 rings (SSSR count). The molecule has 0 saturated carbocycles. The third-order valence-electron chi connectivity index (χ3n) is 6.08. The van der Waals surface area contributed by atoms with Crippen LogP contribution in [0, 0.1) is 0 Å². The van der Waals surface area contributed by atoms with Gasteiger partial charge in [0.2, 0.25) is 11.8 Å². The Balaban J connectivity index is 1.53. The monoisotopic (exact) mass is 623 g/mol. The van der Waals surface area contributed by atoms with Crippen molar-refractivity contribution in [2.24, 2.45) is 0 Å². The van der Waals surface area contributed by atoms with Gasteiger partial charge < -0.3 is 25.4 Å². The van der Waals surface area contributed by atoms with Crippen LogP contribution in [0.3, 0.4) is 0 Å². The highest BCUT2D eigenvalue weighted by molar-refractivity contribution is 7.98. The maximum Gasteiger partial charge on any atom is 0.407 e. The molecule has 0 aliphatic carbocycles. The van der Waals surface area contributed by atoms with Gasteiger partial charge in [0.15, 0.2) is 0 Å². The summed E-state index contributed by atoms with van der Waals surface area (Å²) in [5, 5.41) is 8.07. The summed E-state index contributed by atoms with van der Waals surface area (Å²) in [6.45, 7) is 0.149. The zero-order chi connectivity index (χ0) is 30.7. The van der Waals surface area contributed by atoms with E-state index in [-0.39, 0.29) is 25.3 Å². The molecule has 0 aromatic heterocycles. The van der Waals surface area contributed by atoms with Crippen LogP contribution in [-0.2, 0) is 42.0 Å². The SMILES string of the molecule is COC(=O)[C@@H](CSCc1ccccc1)NC(=O)[C@@H](CSCc1ccccc1)NC(=O)CCNC(=O)OCc1ccccc1. The molecule has 3 aromatic carbocycles. The lowest BCUT2D eigenvalue weighted by Gasteiger charge is -2.22. The molecule has 3 aromatic rings. The Morgan fingerprint density at radius 2 is 1.21 bits per heavy atom. The number of methoxy groups -OCH3 is 1. The van der Waals surface area contributed by atoms with Crippen LogP contribution in [0.5, 0.6) is 0 Å². The summed E-state index contributed by atoms with van der Waals surface area (Å²) in [6, 6.07) is 27.1. The third-order valence-corrected chi connectivity index (χ3v) is 8.29. The number of amides is 3. The minimum absolute atomic E-state index is 0.0336. The number of thioether (sulfide) groups is 2. The van der Waals surface area contributed by atoms with Gasteiger partial charge in [-0.3, -0.25) is 9.59 Å². The van der Waals surface area contributed by atoms with Gasteiger partial charge in [-0.05, 0) is 16.7 Å². The second kappa shape index (κ2) is 19.3. The van der Waals surface area contributed by atoms with E-state index in [4.69, 9.17) is 9.47 Å². The van der Waals surface area contributed by atoms with Gasteiger partial charge >= 0.3 is 12.1 Å². The molecule has 0 unspecified atom stereocenters. The summed E-state index contributed by atoms with van der Waals surface area (Å²) < 4.78 is 10.1. The fourth-order valence-electron chi connectivity index (χ4n) is 3.82. The van der Waals surface area contributed by atoms with Crippen molar-refractivity contribution in [1.29, 1.82) is 0 Å². The first-order valence-electron chi connectivity index (χ1n) is 13.8. The topological polar surface area (TPSA) is 123 Å². The highest BCUT2D eigenvalue weighted by atomic mass is 32.2. The first kappa shape index (κ1) is 33.5. The second-order valence-corrected chi connectivity index (χ2v) is 11.5. The molecule has 0 spiro atoms. The number of esters is 1. The van der Waals surface area contributed by atoms with Crippen molar-refractivity contribution in [3.63, 3.8) is 0 Å². The average Bonchev–Trinajstić information content (AvgIpc) is 3.04. The summed E-state index contributed by atoms with van der Waals surface area (Å²) in [7, 11) is 1.27. The first-order valence-corrected chi connectivity index (χ1v) is 16.1. The number of ether oxygens (including phenoxy) is 2. The molecule has 0 aliphatic heterocycles. The van der Waals surface area contributed by atoms with Crippen LogP contribution in [0.2, 0.25) is 0 Å². The Labute approximate surface area is 260 Å². The Morgan fingerprint density at radius 3 is 1.74 bits per heavy atom. The molecule has 0 aliphatic rings. The van der Waals surface area contributed by atoms with Gasteiger partial charge in [-0.1, -0.05) is 91.0 Å². The molecule has 0 bridgehead atoms. The fraction of sp³-hybridized carbons (Fsp3) is 0.312. The molecule has 11 heteroatoms. The highest BCUT2D eigenvalue weighted by Gasteiger charge is 2.27. The van der Waals surface area contributed by atoms with Gasteiger partial charge in [0, 0.05) is 36.0 Å². The fourth-order valence-corrected chi connectivity index (χ4v) is 5.84. The molecular formula is C32H37N3O6S2. The van der Waals surface area contributed by atoms with E-state index in [1.807, 2.05) is 91.0 Å². The summed E-state index contributed by atoms with van der Waals surface area (Å²) in [5.74, 6) is 0.427. The minimum atomic E-state index is -0.905. The minimum Gasteiger partial charge on any atom is -0.467 e. The molecule has 0 radical (unpaired) electrons. The van der Waals surface area contributed by atoms with Crippen LogP contribution in [0.4, 0.5) is 4.79 Å². The van der Waals surface area contributed by atoms with Gasteiger partial charge in [-0.2, -0.15) is 23.5 Å². The number of benzene rings is 3. The van der Waals surface area contributed by atoms with E-state index >= 15 is 0 Å². The molecule has 43 heavy (non-hydrogen) atoms. The largest absolute Gasteiger partial charge is 0.467 e. The van der Waals surface area contributed by atoms with Crippen molar-refractivity contribution in [3.05, 3.63) is 108 Å². The lowest BCUT2D eigenvalue weighted by atomic mass is 10.2. The zero-order valence-corrected chi connectivity index (χ0v) is 25.7. The number of alkyl carbamates (subject to hydrolysis) is 1. The predicted molar refractivity (Wildman–Crippen MR) is 170 cm³/mol. The van der Waals surface area contributed by atoms with Gasteiger partial charge in [0.05, 0.1) is 7.11 Å². The lowest BCUT2D eigenvalue weighted by molar-refractivity contribution is -0.144. The van der Waals surface area contributed by atoms with E-state index in [0.717, 1.165) is 16.7 Å². The number of rotatable bonds is 17. The Hall–Kier alpha value is -3.96. The van der Waals surface area contributed by atoms with Crippen LogP contribution in [-0.4, -0.2) is 61.1 Å². The number of carbonyl (C=O) groups excluding carboxylic acids is 4. The third kappa shape index (κ3) is 13.3. The molecule has 3 N–H and O–H groups in total. The molecule has 228 valence electrons. The van der Waals surface area contributed by atoms with Gasteiger partial charge in [-0.25, -0.2) is 9.59 Å². The van der Waals surface area contributed by atoms with E-state index in [2.05, 4.69) is 16.0 Å². The van der Waals surface area contributed by atoms with E-state index in [1.165, 1.54) is 30.6 Å². The van der Waals surface area contributed by atoms with Crippen molar-refractivity contribution in [1.82, 2.24) is 16.0 Å². The molecule has 9 nitrogen and oxygen atoms in total. The quantitative estimate of drug-likeness (QED) is 0.190. The van der Waals surface area contributed by atoms with Crippen LogP contribution in [0.15, 0.2) is 91.0 Å². The first-order chi connectivity index (χ1) is 20.9. The van der Waals surface area contributed by atoms with Crippen molar-refractivity contribution in [2.75, 3.05) is 25.2 Å². The van der Waals surface area contributed by atoms with E-state index in [1.54, 1.807) is 0 Å². The Morgan fingerprint density at radius 1 is 0.698 bits per heavy atom. The number of carbonyl (C=O) groups is 4. The Kier molecular flexibility index (Phi) is 15.0. The van der Waals surface area contributed by atoms with E-state index < -0.39 is 36.0 Å². The van der Waals surface area contributed by atoms with Gasteiger partial charge in [0.25, 0.3) is 0 Å². The molecular weight excluding hydrogens is 587 g/mol. The summed E-state index contributed by atoms with van der Waals surface area (Å²) in [4.78, 5) is 50.6. The Bertz CT molecular complexity index is 1280. The normalized spacial score (nSPS) is 11.9. The lowest BCUT2D eigenvalue weighted by Crippen LogP contribution is -2.53. The molecule has 0 heterocycles. The van der Waals surface area contributed by atoms with Crippen molar-refractivity contribution in [2.45, 2.75) is 36.6 Å². The van der Waals surface area contributed by atoms with Crippen molar-refractivity contribution in [3.8, 4) is 0 Å². The molecule has 0 fully saturated rings. The molecule has 3 amide bonds. The van der Waals surface area contributed by atoms with Crippen LogP contribution in [0.1, 0.15) is 23.1 Å². The summed E-state index contributed by atoms with van der Waals surface area (Å²) in [6.07, 6.45) is -0.695. The smallest absolute Gasteiger partial charge is 0.407 e. The van der Waals surface area contributed by atoms with Crippen LogP contribution in [0.25, 0.3) is 0 Å². The van der Waals surface area contributed by atoms with Crippen molar-refractivity contribution >= 4 is 47.4 Å². The van der Waals surface area contributed by atoms with E-state index in [9.17, 15) is 19.2 Å². The summed E-state index contributed by atoms with van der Waals surface area (Å²) in [5.41, 5.74) is 3.03. The second-order valence-electron chi connectivity index (χ2n) is 9.44. The molecule has 2 atom stereocenters.